The minimum atomic E-state index is -3.26. The molecule has 1 atom stereocenters. The van der Waals surface area contributed by atoms with E-state index < -0.39 is 28.4 Å². The maximum Gasteiger partial charge on any atom is 0.175 e. The van der Waals surface area contributed by atoms with Crippen molar-refractivity contribution in [3.05, 3.63) is 72.2 Å². The fourth-order valence-corrected chi connectivity index (χ4v) is 4.04. The topological polar surface area (TPSA) is 109 Å². The molecule has 0 spiro atoms. The Kier molecular flexibility index (Phi) is 6.37. The van der Waals surface area contributed by atoms with Crippen LogP contribution >= 0.6 is 0 Å². The van der Waals surface area contributed by atoms with Gasteiger partial charge in [-0.15, -0.1) is 0 Å². The van der Waals surface area contributed by atoms with Gasteiger partial charge in [0.25, 0.3) is 0 Å². The van der Waals surface area contributed by atoms with Crippen LogP contribution in [0.15, 0.2) is 65.6 Å². The normalized spacial score (nSPS) is 12.7. The van der Waals surface area contributed by atoms with Gasteiger partial charge in [0.2, 0.25) is 0 Å². The summed E-state index contributed by atoms with van der Waals surface area (Å²) in [6.45, 7) is -0.372. The molecule has 2 N–H and O–H groups in total. The van der Waals surface area contributed by atoms with Gasteiger partial charge in [0.05, 0.1) is 29.1 Å². The predicted octanol–water partition coefficient (Wildman–Crippen LogP) is 3.52. The van der Waals surface area contributed by atoms with E-state index in [1.165, 1.54) is 6.07 Å². The van der Waals surface area contributed by atoms with E-state index in [2.05, 4.69) is 9.97 Å². The molecule has 170 valence electrons. The number of carbonyl (C=O) groups is 1. The van der Waals surface area contributed by atoms with E-state index in [9.17, 15) is 17.6 Å². The molecule has 4 rings (SSSR count). The third kappa shape index (κ3) is 5.00. The van der Waals surface area contributed by atoms with Gasteiger partial charge in [0.15, 0.2) is 21.9 Å². The average molecular weight is 469 g/mol. The lowest BCUT2D eigenvalue weighted by molar-refractivity contribution is -0.121. The molecule has 0 aliphatic carbocycles. The highest BCUT2D eigenvalue weighted by atomic mass is 32.2. The second kappa shape index (κ2) is 9.22. The van der Waals surface area contributed by atoms with Crippen LogP contribution in [0.3, 0.4) is 0 Å². The molecule has 0 aliphatic rings. The van der Waals surface area contributed by atoms with Gasteiger partial charge in [-0.3, -0.25) is 0 Å². The van der Waals surface area contributed by atoms with Gasteiger partial charge in [-0.05, 0) is 29.3 Å². The molecule has 33 heavy (non-hydrogen) atoms. The van der Waals surface area contributed by atoms with Crippen LogP contribution in [-0.4, -0.2) is 48.7 Å². The Balaban J connectivity index is 1.58. The van der Waals surface area contributed by atoms with Crippen molar-refractivity contribution < 1.29 is 27.4 Å². The number of carbonyl (C=O) groups excluding carboxylic acids is 1. The minimum absolute atomic E-state index is 0.0457. The average Bonchev–Trinajstić information content (AvgIpc) is 3.20. The molecular formula is C24H21FN2O5S. The van der Waals surface area contributed by atoms with Crippen LogP contribution in [0.2, 0.25) is 0 Å². The highest BCUT2D eigenvalue weighted by molar-refractivity contribution is 7.90. The number of aromatic amines is 1. The number of aldehydes is 1. The molecular weight excluding hydrogens is 447 g/mol. The Hall–Kier alpha value is -3.40. The third-order valence-electron chi connectivity index (χ3n) is 5.17. The van der Waals surface area contributed by atoms with E-state index in [1.54, 1.807) is 42.5 Å². The largest absolute Gasteiger partial charge is 0.393 e. The molecule has 0 aliphatic heterocycles. The van der Waals surface area contributed by atoms with Crippen LogP contribution in [0.5, 0.6) is 0 Å². The molecule has 4 aromatic rings. The number of benzene rings is 2. The summed E-state index contributed by atoms with van der Waals surface area (Å²) >= 11 is 0. The molecule has 9 heteroatoms. The van der Waals surface area contributed by atoms with Crippen LogP contribution in [0.4, 0.5) is 4.39 Å². The predicted molar refractivity (Wildman–Crippen MR) is 122 cm³/mol. The molecule has 0 bridgehead atoms. The molecule has 0 saturated heterocycles. The van der Waals surface area contributed by atoms with Crippen LogP contribution in [0.1, 0.15) is 5.69 Å². The Morgan fingerprint density at radius 2 is 1.67 bits per heavy atom. The number of aliphatic hydroxyl groups is 1. The van der Waals surface area contributed by atoms with Crippen molar-refractivity contribution in [1.82, 2.24) is 9.97 Å². The van der Waals surface area contributed by atoms with Crippen LogP contribution in [0, 0.1) is 5.82 Å². The second-order valence-corrected chi connectivity index (χ2v) is 9.60. The van der Waals surface area contributed by atoms with Gasteiger partial charge in [-0.2, -0.15) is 0 Å². The highest BCUT2D eigenvalue weighted by Crippen LogP contribution is 2.28. The van der Waals surface area contributed by atoms with E-state index in [-0.39, 0.29) is 17.2 Å². The first-order valence-electron chi connectivity index (χ1n) is 10.1. The van der Waals surface area contributed by atoms with Crippen molar-refractivity contribution >= 4 is 27.2 Å². The minimum Gasteiger partial charge on any atom is -0.393 e. The monoisotopic (exact) mass is 468 g/mol. The number of nitrogens with one attached hydrogen (secondary N) is 1. The summed E-state index contributed by atoms with van der Waals surface area (Å²) in [5, 5.41) is 9.03. The third-order valence-corrected chi connectivity index (χ3v) is 6.30. The number of nitrogens with zero attached hydrogens (tertiary/aromatic N) is 1. The zero-order valence-electron chi connectivity index (χ0n) is 17.7. The van der Waals surface area contributed by atoms with Gasteiger partial charge in [0, 0.05) is 23.6 Å². The van der Waals surface area contributed by atoms with Gasteiger partial charge in [-0.25, -0.2) is 17.8 Å². The van der Waals surface area contributed by atoms with Gasteiger partial charge in [0.1, 0.15) is 11.8 Å². The molecule has 1 unspecified atom stereocenters. The summed E-state index contributed by atoms with van der Waals surface area (Å²) in [5.74, 6) is -0.497. The molecule has 2 aromatic carbocycles. The smallest absolute Gasteiger partial charge is 0.175 e. The molecule has 2 aromatic heterocycles. The van der Waals surface area contributed by atoms with Crippen molar-refractivity contribution in [2.24, 2.45) is 0 Å². The van der Waals surface area contributed by atoms with E-state index in [0.29, 0.717) is 28.6 Å². The summed E-state index contributed by atoms with van der Waals surface area (Å²) in [6, 6.07) is 16.8. The molecule has 7 nitrogen and oxygen atoms in total. The SMILES string of the molecule is CS(=O)(=O)c1ccc(-c2ccc(-c3nc4cc(COC(C=O)CO)[nH]c4cc3F)cc2)cc1. The molecule has 0 fully saturated rings. The van der Waals surface area contributed by atoms with E-state index >= 15 is 0 Å². The lowest BCUT2D eigenvalue weighted by Gasteiger charge is -2.07. The Labute approximate surface area is 189 Å². The summed E-state index contributed by atoms with van der Waals surface area (Å²) in [6.07, 6.45) is 0.757. The zero-order valence-corrected chi connectivity index (χ0v) is 18.5. The number of H-pyrrole nitrogens is 1. The fraction of sp³-hybridized carbons (Fsp3) is 0.167. The second-order valence-electron chi connectivity index (χ2n) is 7.59. The van der Waals surface area contributed by atoms with Crippen molar-refractivity contribution in [2.75, 3.05) is 12.9 Å². The molecule has 0 amide bonds. The Bertz CT molecular complexity index is 1400. The van der Waals surface area contributed by atoms with Crippen molar-refractivity contribution in [1.29, 1.82) is 0 Å². The number of aliphatic hydroxyl groups excluding tert-OH is 1. The summed E-state index contributed by atoms with van der Waals surface area (Å²) < 4.78 is 43.3. The zero-order chi connectivity index (χ0) is 23.6. The summed E-state index contributed by atoms with van der Waals surface area (Å²) in [5.41, 5.74) is 4.10. The number of hydrogen-bond donors (Lipinski definition) is 2. The van der Waals surface area contributed by atoms with Crippen molar-refractivity contribution in [2.45, 2.75) is 17.6 Å². The summed E-state index contributed by atoms with van der Waals surface area (Å²) in [7, 11) is -3.26. The standard InChI is InChI=1S/C24H21FN2O5S/c1-33(30,31)20-8-6-16(7-9-20)15-2-4-17(5-3-15)24-21(25)11-23-22(27-24)10-18(26-23)14-32-19(12-28)13-29/h2-12,19,26,29H,13-14H2,1H3. The first kappa shape index (κ1) is 22.8. The number of sulfone groups is 1. The van der Waals surface area contributed by atoms with Gasteiger partial charge >= 0.3 is 0 Å². The summed E-state index contributed by atoms with van der Waals surface area (Å²) in [4.78, 5) is 18.4. The van der Waals surface area contributed by atoms with Gasteiger partial charge in [-0.1, -0.05) is 36.4 Å². The highest BCUT2D eigenvalue weighted by Gasteiger charge is 2.13. The molecule has 0 radical (unpaired) electrons. The number of aromatic nitrogens is 2. The Morgan fingerprint density at radius 3 is 2.24 bits per heavy atom. The molecule has 2 heterocycles. The quantitative estimate of drug-likeness (QED) is 0.383. The Morgan fingerprint density at radius 1 is 1.06 bits per heavy atom. The first-order valence-corrected chi connectivity index (χ1v) is 11.9. The number of pyridine rings is 1. The number of rotatable bonds is 8. The van der Waals surface area contributed by atoms with E-state index in [4.69, 9.17) is 9.84 Å². The van der Waals surface area contributed by atoms with Crippen LogP contribution < -0.4 is 0 Å². The van der Waals surface area contributed by atoms with Crippen molar-refractivity contribution in [3.63, 3.8) is 0 Å². The number of hydrogen-bond acceptors (Lipinski definition) is 6. The maximum absolute atomic E-state index is 14.8. The number of fused-ring (bicyclic) bond motifs is 1. The van der Waals surface area contributed by atoms with Crippen LogP contribution in [-0.2, 0) is 26.0 Å². The lowest BCUT2D eigenvalue weighted by Crippen LogP contribution is -2.18. The number of ether oxygens (including phenoxy) is 1. The first-order chi connectivity index (χ1) is 15.8. The van der Waals surface area contributed by atoms with E-state index in [1.807, 2.05) is 12.1 Å². The lowest BCUT2D eigenvalue weighted by atomic mass is 10.0. The molecule has 0 saturated carbocycles. The van der Waals surface area contributed by atoms with Crippen molar-refractivity contribution in [3.8, 4) is 22.4 Å². The van der Waals surface area contributed by atoms with Gasteiger partial charge < -0.3 is 19.6 Å². The number of halogens is 1. The fourth-order valence-electron chi connectivity index (χ4n) is 3.41. The van der Waals surface area contributed by atoms with E-state index in [0.717, 1.165) is 17.4 Å². The maximum atomic E-state index is 14.8. The van der Waals surface area contributed by atoms with Crippen LogP contribution in [0.25, 0.3) is 33.4 Å².